The molecule has 0 saturated carbocycles. The van der Waals surface area contributed by atoms with Crippen molar-refractivity contribution in [2.24, 2.45) is 0 Å². The third-order valence-electron chi connectivity index (χ3n) is 5.75. The van der Waals surface area contributed by atoms with Crippen LogP contribution in [-0.4, -0.2) is 34.1 Å². The number of nitrogens with zero attached hydrogens (tertiary/aromatic N) is 3. The van der Waals surface area contributed by atoms with Gasteiger partial charge in [-0.1, -0.05) is 12.1 Å². The summed E-state index contributed by atoms with van der Waals surface area (Å²) in [6.07, 6.45) is 1.20. The van der Waals surface area contributed by atoms with Crippen LogP contribution in [0.15, 0.2) is 89.2 Å². The van der Waals surface area contributed by atoms with E-state index < -0.39 is 23.5 Å². The predicted molar refractivity (Wildman–Crippen MR) is 124 cm³/mol. The molecular weight excluding hydrogens is 453 g/mol. The van der Waals surface area contributed by atoms with E-state index in [9.17, 15) is 19.1 Å². The fourth-order valence-electron chi connectivity index (χ4n) is 4.03. The summed E-state index contributed by atoms with van der Waals surface area (Å²) in [5.74, 6) is -1.62. The number of halogens is 1. The van der Waals surface area contributed by atoms with Crippen LogP contribution in [0.2, 0.25) is 0 Å². The summed E-state index contributed by atoms with van der Waals surface area (Å²) in [6, 6.07) is 17.5. The van der Waals surface area contributed by atoms with E-state index in [-0.39, 0.29) is 11.3 Å². The zero-order valence-electron chi connectivity index (χ0n) is 18.4. The molecule has 1 fully saturated rings. The number of amides is 1. The van der Waals surface area contributed by atoms with Crippen molar-refractivity contribution in [3.05, 3.63) is 102 Å². The molecule has 1 atom stereocenters. The summed E-state index contributed by atoms with van der Waals surface area (Å²) >= 11 is 0. The molecule has 0 spiro atoms. The van der Waals surface area contributed by atoms with Crippen LogP contribution in [0.1, 0.15) is 17.2 Å². The van der Waals surface area contributed by atoms with Crippen molar-refractivity contribution in [1.29, 1.82) is 0 Å². The Bertz CT molecular complexity index is 1410. The first-order chi connectivity index (χ1) is 17.0. The van der Waals surface area contributed by atoms with Gasteiger partial charge in [-0.3, -0.25) is 14.5 Å². The van der Waals surface area contributed by atoms with E-state index in [0.717, 1.165) is 0 Å². The average molecular weight is 471 g/mol. The number of aromatic nitrogens is 2. The Hall–Kier alpha value is -4.79. The Kier molecular flexibility index (Phi) is 5.58. The molecule has 1 aliphatic heterocycles. The molecule has 1 amide bonds. The second-order valence-corrected chi connectivity index (χ2v) is 7.74. The van der Waals surface area contributed by atoms with Gasteiger partial charge in [0.2, 0.25) is 12.3 Å². The predicted octanol–water partition coefficient (Wildman–Crippen LogP) is 4.51. The molecule has 8 nitrogen and oxygen atoms in total. The molecule has 35 heavy (non-hydrogen) atoms. The summed E-state index contributed by atoms with van der Waals surface area (Å²) in [4.78, 5) is 27.7. The number of aliphatic hydroxyl groups excluding tert-OH is 1. The van der Waals surface area contributed by atoms with Crippen molar-refractivity contribution in [3.8, 4) is 17.2 Å². The first kappa shape index (κ1) is 22.0. The molecule has 2 heterocycles. The van der Waals surface area contributed by atoms with E-state index >= 15 is 0 Å². The number of aliphatic hydroxyl groups is 1. The number of methoxy groups -OCH3 is 1. The Morgan fingerprint density at radius 3 is 2.29 bits per heavy atom. The van der Waals surface area contributed by atoms with E-state index in [4.69, 9.17) is 9.15 Å². The molecule has 1 aliphatic rings. The van der Waals surface area contributed by atoms with Crippen LogP contribution in [0.3, 0.4) is 0 Å². The molecule has 1 saturated heterocycles. The molecular formula is C26H18FN3O5. The maximum atomic E-state index is 13.7. The zero-order chi connectivity index (χ0) is 24.5. The van der Waals surface area contributed by atoms with E-state index in [0.29, 0.717) is 34.0 Å². The van der Waals surface area contributed by atoms with E-state index in [1.807, 2.05) is 0 Å². The van der Waals surface area contributed by atoms with Crippen molar-refractivity contribution in [3.63, 3.8) is 0 Å². The minimum Gasteiger partial charge on any atom is -0.507 e. The molecule has 9 heteroatoms. The van der Waals surface area contributed by atoms with E-state index in [2.05, 4.69) is 10.2 Å². The lowest BCUT2D eigenvalue weighted by Crippen LogP contribution is -2.29. The highest BCUT2D eigenvalue weighted by molar-refractivity contribution is 6.51. The zero-order valence-corrected chi connectivity index (χ0v) is 18.4. The number of ketones is 1. The van der Waals surface area contributed by atoms with Gasteiger partial charge in [-0.15, -0.1) is 10.2 Å². The second-order valence-electron chi connectivity index (χ2n) is 7.74. The van der Waals surface area contributed by atoms with Crippen LogP contribution in [0, 0.1) is 5.82 Å². The number of benzene rings is 3. The Balaban J connectivity index is 1.64. The van der Waals surface area contributed by atoms with Gasteiger partial charge in [0.15, 0.2) is 0 Å². The topological polar surface area (TPSA) is 106 Å². The minimum absolute atomic E-state index is 0.104. The SMILES string of the molecule is COc1ccc(C(O)=C2C(=O)C(=O)N(c3ccc(-c4nnco4)cc3)C2c2ccc(F)cc2)cc1. The highest BCUT2D eigenvalue weighted by Gasteiger charge is 2.47. The van der Waals surface area contributed by atoms with Crippen LogP contribution >= 0.6 is 0 Å². The maximum Gasteiger partial charge on any atom is 0.300 e. The van der Waals surface area contributed by atoms with Gasteiger partial charge in [0.1, 0.15) is 17.3 Å². The van der Waals surface area contributed by atoms with Gasteiger partial charge >= 0.3 is 0 Å². The number of hydrogen-bond donors (Lipinski definition) is 1. The van der Waals surface area contributed by atoms with Crippen molar-refractivity contribution in [1.82, 2.24) is 10.2 Å². The third kappa shape index (κ3) is 3.93. The van der Waals surface area contributed by atoms with Crippen molar-refractivity contribution in [2.45, 2.75) is 6.04 Å². The summed E-state index contributed by atoms with van der Waals surface area (Å²) in [5, 5.41) is 18.6. The first-order valence-corrected chi connectivity index (χ1v) is 10.6. The number of carbonyl (C=O) groups is 2. The smallest absolute Gasteiger partial charge is 0.300 e. The number of anilines is 1. The number of rotatable bonds is 5. The standard InChI is InChI=1S/C26H18FN3O5/c1-34-20-12-6-16(7-13-20)23(31)21-22(15-2-8-18(27)9-3-15)30(26(33)24(21)32)19-10-4-17(5-11-19)25-29-28-14-35-25/h2-14,22,31H,1H3. The molecule has 0 radical (unpaired) electrons. The van der Waals surface area contributed by atoms with E-state index in [1.165, 1.54) is 42.7 Å². The Morgan fingerprint density at radius 1 is 1.00 bits per heavy atom. The lowest BCUT2D eigenvalue weighted by Gasteiger charge is -2.25. The molecule has 0 aliphatic carbocycles. The fraction of sp³-hybridized carbons (Fsp3) is 0.0769. The van der Waals surface area contributed by atoms with Crippen molar-refractivity contribution in [2.75, 3.05) is 12.0 Å². The first-order valence-electron chi connectivity index (χ1n) is 10.6. The van der Waals surface area contributed by atoms with Gasteiger partial charge in [0.25, 0.3) is 11.7 Å². The Morgan fingerprint density at radius 2 is 1.69 bits per heavy atom. The van der Waals surface area contributed by atoms with Gasteiger partial charge in [-0.05, 0) is 66.2 Å². The van der Waals surface area contributed by atoms with Gasteiger partial charge in [-0.25, -0.2) is 4.39 Å². The summed E-state index contributed by atoms with van der Waals surface area (Å²) in [7, 11) is 1.51. The van der Waals surface area contributed by atoms with Crippen LogP contribution in [0.5, 0.6) is 5.75 Å². The largest absolute Gasteiger partial charge is 0.507 e. The highest BCUT2D eigenvalue weighted by Crippen LogP contribution is 2.42. The number of hydrogen-bond acceptors (Lipinski definition) is 7. The third-order valence-corrected chi connectivity index (χ3v) is 5.75. The molecule has 1 aromatic heterocycles. The molecule has 5 rings (SSSR count). The van der Waals surface area contributed by atoms with Crippen LogP contribution in [-0.2, 0) is 9.59 Å². The molecule has 1 unspecified atom stereocenters. The molecule has 3 aromatic carbocycles. The van der Waals surface area contributed by atoms with Crippen molar-refractivity contribution < 1.29 is 28.2 Å². The average Bonchev–Trinajstić information content (AvgIpc) is 3.52. The van der Waals surface area contributed by atoms with Crippen LogP contribution in [0.25, 0.3) is 17.2 Å². The second kappa shape index (κ2) is 8.86. The Labute approximate surface area is 198 Å². The lowest BCUT2D eigenvalue weighted by atomic mass is 9.95. The highest BCUT2D eigenvalue weighted by atomic mass is 19.1. The minimum atomic E-state index is -0.980. The van der Waals surface area contributed by atoms with Crippen LogP contribution < -0.4 is 9.64 Å². The number of ether oxygens (including phenoxy) is 1. The summed E-state index contributed by atoms with van der Waals surface area (Å²) in [6.45, 7) is 0. The van der Waals surface area contributed by atoms with E-state index in [1.54, 1.807) is 48.5 Å². The number of Topliss-reactive ketones (excluding diaryl/α,β-unsaturated/α-hetero) is 1. The summed E-state index contributed by atoms with van der Waals surface area (Å²) in [5.41, 5.74) is 1.72. The van der Waals surface area contributed by atoms with Gasteiger partial charge in [-0.2, -0.15) is 0 Å². The van der Waals surface area contributed by atoms with Crippen molar-refractivity contribution >= 4 is 23.1 Å². The lowest BCUT2D eigenvalue weighted by molar-refractivity contribution is -0.132. The quantitative estimate of drug-likeness (QED) is 0.259. The number of carbonyl (C=O) groups excluding carboxylic acids is 2. The molecule has 174 valence electrons. The maximum absolute atomic E-state index is 13.7. The fourth-order valence-corrected chi connectivity index (χ4v) is 4.03. The van der Waals surface area contributed by atoms with Gasteiger partial charge in [0.05, 0.1) is 18.7 Å². The molecule has 4 aromatic rings. The molecule has 0 bridgehead atoms. The normalized spacial score (nSPS) is 17.1. The van der Waals surface area contributed by atoms with Crippen LogP contribution in [0.4, 0.5) is 10.1 Å². The van der Waals surface area contributed by atoms with Gasteiger partial charge in [0, 0.05) is 16.8 Å². The van der Waals surface area contributed by atoms with Gasteiger partial charge < -0.3 is 14.3 Å². The summed E-state index contributed by atoms with van der Waals surface area (Å²) < 4.78 is 24.0. The molecule has 1 N–H and O–H groups in total. The monoisotopic (exact) mass is 471 g/mol.